The van der Waals surface area contributed by atoms with Gasteiger partial charge in [0, 0.05) is 20.2 Å². The maximum Gasteiger partial charge on any atom is 0.245 e. The van der Waals surface area contributed by atoms with E-state index in [4.69, 9.17) is 10.5 Å². The maximum atomic E-state index is 12.7. The van der Waals surface area contributed by atoms with E-state index in [2.05, 4.69) is 0 Å². The molecule has 0 saturated carbocycles. The fraction of sp³-hybridized carbons (Fsp3) is 0.467. The van der Waals surface area contributed by atoms with E-state index in [9.17, 15) is 8.42 Å². The second kappa shape index (κ2) is 6.17. The zero-order valence-corrected chi connectivity index (χ0v) is 13.5. The molecule has 6 heteroatoms. The Morgan fingerprint density at radius 3 is 2.52 bits per heavy atom. The number of aryl methyl sites for hydroxylation is 2. The Hall–Kier alpha value is -1.37. The van der Waals surface area contributed by atoms with Crippen LogP contribution in [0.25, 0.3) is 0 Å². The summed E-state index contributed by atoms with van der Waals surface area (Å²) in [4.78, 5) is 0.203. The van der Waals surface area contributed by atoms with Crippen LogP contribution in [0.2, 0.25) is 0 Å². The predicted octanol–water partition coefficient (Wildman–Crippen LogP) is 1.85. The van der Waals surface area contributed by atoms with Gasteiger partial charge in [-0.3, -0.25) is 0 Å². The molecule has 0 fully saturated rings. The molecule has 1 heterocycles. The van der Waals surface area contributed by atoms with Crippen LogP contribution < -0.4 is 5.73 Å². The Morgan fingerprint density at radius 1 is 1.29 bits per heavy atom. The summed E-state index contributed by atoms with van der Waals surface area (Å²) >= 11 is 0. The molecule has 1 aromatic rings. The third-order valence-corrected chi connectivity index (χ3v) is 5.76. The lowest BCUT2D eigenvalue weighted by atomic mass is 10.1. The summed E-state index contributed by atoms with van der Waals surface area (Å²) in [6.45, 7) is 5.19. The highest BCUT2D eigenvalue weighted by molar-refractivity contribution is 7.89. The molecule has 0 amide bonds. The van der Waals surface area contributed by atoms with E-state index in [1.165, 1.54) is 4.31 Å². The number of benzene rings is 1. The van der Waals surface area contributed by atoms with Gasteiger partial charge in [0.1, 0.15) is 4.90 Å². The highest BCUT2D eigenvalue weighted by atomic mass is 32.2. The summed E-state index contributed by atoms with van der Waals surface area (Å²) in [7, 11) is -1.91. The lowest BCUT2D eigenvalue weighted by molar-refractivity contribution is 0.219. The Labute approximate surface area is 126 Å². The molecular formula is C15H22N2O3S. The zero-order valence-electron chi connectivity index (χ0n) is 12.7. The minimum absolute atomic E-state index is 0.203. The van der Waals surface area contributed by atoms with Crippen molar-refractivity contribution in [3.05, 3.63) is 34.9 Å². The smallest absolute Gasteiger partial charge is 0.245 e. The summed E-state index contributed by atoms with van der Waals surface area (Å²) in [6, 6.07) is 3.38. The van der Waals surface area contributed by atoms with Gasteiger partial charge in [0.05, 0.1) is 12.3 Å². The minimum atomic E-state index is -3.55. The van der Waals surface area contributed by atoms with Crippen molar-refractivity contribution in [2.24, 2.45) is 0 Å². The first-order chi connectivity index (χ1) is 9.86. The molecule has 0 spiro atoms. The third kappa shape index (κ3) is 3.28. The molecule has 0 atom stereocenters. The van der Waals surface area contributed by atoms with Gasteiger partial charge in [-0.15, -0.1) is 0 Å². The monoisotopic (exact) mass is 310 g/mol. The Kier molecular flexibility index (Phi) is 4.70. The van der Waals surface area contributed by atoms with Crippen molar-refractivity contribution in [1.29, 1.82) is 0 Å². The number of nitrogens with zero attached hydrogens (tertiary/aromatic N) is 1. The van der Waals surface area contributed by atoms with Gasteiger partial charge in [-0.2, -0.15) is 4.31 Å². The van der Waals surface area contributed by atoms with E-state index in [0.717, 1.165) is 16.7 Å². The SMILES string of the molecule is COCC1=CCN(S(=O)(=O)c2cc(C)c(C)cc2N)CC1. The molecule has 2 rings (SSSR count). The predicted molar refractivity (Wildman–Crippen MR) is 83.7 cm³/mol. The summed E-state index contributed by atoms with van der Waals surface area (Å²) in [5, 5.41) is 0. The van der Waals surface area contributed by atoms with Gasteiger partial charge >= 0.3 is 0 Å². The van der Waals surface area contributed by atoms with Crippen molar-refractivity contribution < 1.29 is 13.2 Å². The van der Waals surface area contributed by atoms with Gasteiger partial charge in [0.2, 0.25) is 10.0 Å². The number of sulfonamides is 1. The Bertz CT molecular complexity index is 666. The van der Waals surface area contributed by atoms with Crippen LogP contribution in [-0.2, 0) is 14.8 Å². The summed E-state index contributed by atoms with van der Waals surface area (Å²) in [6.07, 6.45) is 2.61. The lowest BCUT2D eigenvalue weighted by Gasteiger charge is -2.26. The third-order valence-electron chi connectivity index (χ3n) is 3.84. The van der Waals surface area contributed by atoms with Gasteiger partial charge in [0.25, 0.3) is 0 Å². The molecule has 0 bridgehead atoms. The summed E-state index contributed by atoms with van der Waals surface area (Å²) < 4.78 is 32.0. The number of anilines is 1. The van der Waals surface area contributed by atoms with Crippen molar-refractivity contribution >= 4 is 15.7 Å². The van der Waals surface area contributed by atoms with Crippen molar-refractivity contribution in [3.8, 4) is 0 Å². The van der Waals surface area contributed by atoms with E-state index >= 15 is 0 Å². The lowest BCUT2D eigenvalue weighted by Crippen LogP contribution is -2.35. The van der Waals surface area contributed by atoms with Crippen molar-refractivity contribution in [3.63, 3.8) is 0 Å². The van der Waals surface area contributed by atoms with E-state index in [1.807, 2.05) is 19.9 Å². The molecule has 0 aromatic heterocycles. The average Bonchev–Trinajstić information content (AvgIpc) is 2.43. The number of hydrogen-bond donors (Lipinski definition) is 1. The molecule has 1 aliphatic rings. The number of rotatable bonds is 4. The fourth-order valence-corrected chi connectivity index (χ4v) is 3.96. The number of hydrogen-bond acceptors (Lipinski definition) is 4. The number of methoxy groups -OCH3 is 1. The fourth-order valence-electron chi connectivity index (χ4n) is 2.40. The molecule has 1 aliphatic heterocycles. The van der Waals surface area contributed by atoms with Gasteiger partial charge in [-0.25, -0.2) is 8.42 Å². The maximum absolute atomic E-state index is 12.7. The van der Waals surface area contributed by atoms with Crippen LogP contribution in [0.1, 0.15) is 17.5 Å². The van der Waals surface area contributed by atoms with Crippen LogP contribution in [0.4, 0.5) is 5.69 Å². The molecule has 1 aromatic carbocycles. The molecule has 5 nitrogen and oxygen atoms in total. The largest absolute Gasteiger partial charge is 0.398 e. The molecular weight excluding hydrogens is 288 g/mol. The molecule has 0 unspecified atom stereocenters. The number of ether oxygens (including phenoxy) is 1. The van der Waals surface area contributed by atoms with Crippen molar-refractivity contribution in [2.75, 3.05) is 32.5 Å². The van der Waals surface area contributed by atoms with Crippen molar-refractivity contribution in [2.45, 2.75) is 25.2 Å². The summed E-state index contributed by atoms with van der Waals surface area (Å²) in [5.41, 5.74) is 9.28. The molecule has 116 valence electrons. The van der Waals surface area contributed by atoms with Gasteiger partial charge in [-0.1, -0.05) is 6.08 Å². The second-order valence-corrected chi connectivity index (χ2v) is 7.29. The number of nitrogen functional groups attached to an aromatic ring is 1. The normalized spacial score (nSPS) is 16.8. The highest BCUT2D eigenvalue weighted by Gasteiger charge is 2.28. The standard InChI is InChI=1S/C15H22N2O3S/c1-11-8-14(16)15(9-12(11)2)21(18,19)17-6-4-13(5-7-17)10-20-3/h4,8-9H,5-7,10,16H2,1-3H3. The van der Waals surface area contributed by atoms with E-state index in [0.29, 0.717) is 31.8 Å². The summed E-state index contributed by atoms with van der Waals surface area (Å²) in [5.74, 6) is 0. The molecule has 2 N–H and O–H groups in total. The van der Waals surface area contributed by atoms with Crippen LogP contribution >= 0.6 is 0 Å². The first-order valence-electron chi connectivity index (χ1n) is 6.90. The van der Waals surface area contributed by atoms with Crippen LogP contribution in [0.15, 0.2) is 28.7 Å². The van der Waals surface area contributed by atoms with Gasteiger partial charge in [-0.05, 0) is 49.1 Å². The zero-order chi connectivity index (χ0) is 15.6. The van der Waals surface area contributed by atoms with E-state index in [-0.39, 0.29) is 4.90 Å². The second-order valence-electron chi connectivity index (χ2n) is 5.38. The average molecular weight is 310 g/mol. The Morgan fingerprint density at radius 2 is 1.95 bits per heavy atom. The van der Waals surface area contributed by atoms with Crippen LogP contribution in [0.3, 0.4) is 0 Å². The molecule has 21 heavy (non-hydrogen) atoms. The topological polar surface area (TPSA) is 72.6 Å². The van der Waals surface area contributed by atoms with E-state index in [1.54, 1.807) is 19.2 Å². The highest BCUT2D eigenvalue weighted by Crippen LogP contribution is 2.27. The quantitative estimate of drug-likeness (QED) is 0.680. The first kappa shape index (κ1) is 16.0. The van der Waals surface area contributed by atoms with E-state index < -0.39 is 10.0 Å². The first-order valence-corrected chi connectivity index (χ1v) is 8.34. The molecule has 0 radical (unpaired) electrons. The van der Waals surface area contributed by atoms with Crippen LogP contribution in [-0.4, -0.2) is 39.5 Å². The van der Waals surface area contributed by atoms with Gasteiger partial charge in [0.15, 0.2) is 0 Å². The van der Waals surface area contributed by atoms with Gasteiger partial charge < -0.3 is 10.5 Å². The van der Waals surface area contributed by atoms with Crippen LogP contribution in [0, 0.1) is 13.8 Å². The minimum Gasteiger partial charge on any atom is -0.398 e. The molecule has 0 aliphatic carbocycles. The molecule has 0 saturated heterocycles. The van der Waals surface area contributed by atoms with Crippen LogP contribution in [0.5, 0.6) is 0 Å². The number of nitrogens with two attached hydrogens (primary N) is 1. The van der Waals surface area contributed by atoms with Crippen molar-refractivity contribution in [1.82, 2.24) is 4.31 Å². The Balaban J connectivity index is 2.30.